The summed E-state index contributed by atoms with van der Waals surface area (Å²) in [5.41, 5.74) is 3.06. The second kappa shape index (κ2) is 3.15. The van der Waals surface area contributed by atoms with Crippen molar-refractivity contribution in [2.45, 2.75) is 6.92 Å². The van der Waals surface area contributed by atoms with Crippen LogP contribution in [-0.4, -0.2) is 18.4 Å². The molecule has 0 rings (SSSR count). The molecule has 0 aliphatic rings. The van der Waals surface area contributed by atoms with Crippen LogP contribution in [0.15, 0.2) is 0 Å². The van der Waals surface area contributed by atoms with E-state index in [4.69, 9.17) is 0 Å². The highest BCUT2D eigenvalue weighted by Crippen LogP contribution is 1.55. The molecule has 0 bridgehead atoms. The molecule has 0 atom stereocenters. The van der Waals surface area contributed by atoms with E-state index in [1.807, 2.05) is 0 Å². The molecule has 46 valence electrons. The average molecular weight is 117 g/mol. The maximum Gasteiger partial charge on any atom is 0.328 e. The van der Waals surface area contributed by atoms with Gasteiger partial charge >= 0.3 is 5.91 Å². The van der Waals surface area contributed by atoms with Crippen LogP contribution >= 0.6 is 0 Å². The summed E-state index contributed by atoms with van der Waals surface area (Å²) in [6.07, 6.45) is 0. The SMILES string of the molecule is CC(=O)NCC([NH3+])=O. The van der Waals surface area contributed by atoms with Gasteiger partial charge in [-0.2, -0.15) is 0 Å². The minimum atomic E-state index is -0.278. The van der Waals surface area contributed by atoms with Crippen LogP contribution in [0.1, 0.15) is 6.92 Å². The van der Waals surface area contributed by atoms with Gasteiger partial charge in [0.1, 0.15) is 6.54 Å². The van der Waals surface area contributed by atoms with Gasteiger partial charge in [-0.1, -0.05) is 0 Å². The Kier molecular flexibility index (Phi) is 2.79. The van der Waals surface area contributed by atoms with E-state index in [1.165, 1.54) is 6.92 Å². The molecule has 0 saturated heterocycles. The van der Waals surface area contributed by atoms with Crippen molar-refractivity contribution in [2.75, 3.05) is 6.54 Å². The molecular weight excluding hydrogens is 108 g/mol. The van der Waals surface area contributed by atoms with Crippen LogP contribution in [-0.2, 0) is 9.59 Å². The maximum absolute atomic E-state index is 10.1. The van der Waals surface area contributed by atoms with Crippen LogP contribution < -0.4 is 11.1 Å². The fraction of sp³-hybridized carbons (Fsp3) is 0.500. The van der Waals surface area contributed by atoms with Crippen LogP contribution in [0.2, 0.25) is 0 Å². The van der Waals surface area contributed by atoms with Gasteiger partial charge < -0.3 is 5.32 Å². The monoisotopic (exact) mass is 117 g/mol. The number of quaternary nitrogens is 1. The molecule has 8 heavy (non-hydrogen) atoms. The Bertz CT molecular complexity index is 96.6. The summed E-state index contributed by atoms with van der Waals surface area (Å²) < 4.78 is 0. The van der Waals surface area contributed by atoms with Gasteiger partial charge in [-0.25, -0.2) is 4.79 Å². The van der Waals surface area contributed by atoms with Gasteiger partial charge in [-0.15, -0.1) is 0 Å². The zero-order valence-electron chi connectivity index (χ0n) is 4.73. The van der Waals surface area contributed by atoms with E-state index in [0.29, 0.717) is 0 Å². The van der Waals surface area contributed by atoms with Crippen LogP contribution in [0.3, 0.4) is 0 Å². The number of carbonyl (C=O) groups excluding carboxylic acids is 2. The molecule has 0 aromatic carbocycles. The smallest absolute Gasteiger partial charge is 0.328 e. The fourth-order valence-electron chi connectivity index (χ4n) is 0.223. The zero-order chi connectivity index (χ0) is 6.57. The molecule has 4 N–H and O–H groups in total. The minimum absolute atomic E-state index is 0.0370. The van der Waals surface area contributed by atoms with Crippen LogP contribution in [0.25, 0.3) is 0 Å². The third kappa shape index (κ3) is 5.10. The van der Waals surface area contributed by atoms with E-state index in [0.717, 1.165) is 0 Å². The number of hydrogen-bond donors (Lipinski definition) is 2. The molecule has 0 radical (unpaired) electrons. The van der Waals surface area contributed by atoms with Gasteiger partial charge in [0.05, 0.1) is 0 Å². The van der Waals surface area contributed by atoms with Crippen molar-refractivity contribution in [3.05, 3.63) is 0 Å². The molecule has 0 unspecified atom stereocenters. The molecule has 2 amide bonds. The average Bonchev–Trinajstić information content (AvgIpc) is 1.61. The number of rotatable bonds is 2. The second-order valence-electron chi connectivity index (χ2n) is 1.45. The summed E-state index contributed by atoms with van der Waals surface area (Å²) in [5, 5.41) is 2.29. The molecule has 0 aliphatic heterocycles. The number of amides is 2. The van der Waals surface area contributed by atoms with Gasteiger partial charge in [0.2, 0.25) is 5.91 Å². The first-order chi connectivity index (χ1) is 3.63. The van der Waals surface area contributed by atoms with Gasteiger partial charge in [-0.05, 0) is 0 Å². The van der Waals surface area contributed by atoms with E-state index in [-0.39, 0.29) is 18.4 Å². The lowest BCUT2D eigenvalue weighted by atomic mass is 10.6. The Morgan fingerprint density at radius 1 is 1.62 bits per heavy atom. The number of carbonyl (C=O) groups is 2. The molecule has 0 aliphatic carbocycles. The van der Waals surface area contributed by atoms with Crippen molar-refractivity contribution < 1.29 is 15.3 Å². The van der Waals surface area contributed by atoms with Gasteiger partial charge in [-0.3, -0.25) is 10.5 Å². The van der Waals surface area contributed by atoms with Crippen LogP contribution in [0.5, 0.6) is 0 Å². The highest BCUT2D eigenvalue weighted by atomic mass is 16.2. The number of nitrogens with one attached hydrogen (secondary N) is 1. The molecule has 4 nitrogen and oxygen atoms in total. The minimum Gasteiger partial charge on any atom is -0.344 e. The summed E-state index contributed by atoms with van der Waals surface area (Å²) in [5.74, 6) is -0.484. The number of hydrogen-bond acceptors (Lipinski definition) is 2. The highest BCUT2D eigenvalue weighted by molar-refractivity contribution is 5.78. The molecule has 0 fully saturated rings. The summed E-state index contributed by atoms with van der Waals surface area (Å²) in [6, 6.07) is 0. The summed E-state index contributed by atoms with van der Waals surface area (Å²) in [6.45, 7) is 1.39. The first-order valence-electron chi connectivity index (χ1n) is 2.22. The van der Waals surface area contributed by atoms with Gasteiger partial charge in [0, 0.05) is 6.92 Å². The molecule has 0 spiro atoms. The molecule has 0 heterocycles. The second-order valence-corrected chi connectivity index (χ2v) is 1.45. The largest absolute Gasteiger partial charge is 0.344 e. The summed E-state index contributed by atoms with van der Waals surface area (Å²) in [4.78, 5) is 20.1. The lowest BCUT2D eigenvalue weighted by Crippen LogP contribution is -2.61. The van der Waals surface area contributed by atoms with E-state index in [1.54, 1.807) is 0 Å². The van der Waals surface area contributed by atoms with Gasteiger partial charge in [0.25, 0.3) is 0 Å². The summed E-state index contributed by atoms with van der Waals surface area (Å²) >= 11 is 0. The van der Waals surface area contributed by atoms with Crippen molar-refractivity contribution in [3.8, 4) is 0 Å². The quantitative estimate of drug-likeness (QED) is 0.434. The Morgan fingerprint density at radius 3 is 2.25 bits per heavy atom. The van der Waals surface area contributed by atoms with Crippen LogP contribution in [0.4, 0.5) is 0 Å². The Hall–Kier alpha value is -0.900. The Labute approximate surface area is 47.0 Å². The van der Waals surface area contributed by atoms with Crippen molar-refractivity contribution >= 4 is 11.8 Å². The van der Waals surface area contributed by atoms with Crippen molar-refractivity contribution in [1.29, 1.82) is 0 Å². The first kappa shape index (κ1) is 7.10. The third-order valence-corrected chi connectivity index (χ3v) is 0.535. The predicted molar refractivity (Wildman–Crippen MR) is 26.6 cm³/mol. The van der Waals surface area contributed by atoms with Gasteiger partial charge in [0.15, 0.2) is 0 Å². The maximum atomic E-state index is 10.1. The Morgan fingerprint density at radius 2 is 2.12 bits per heavy atom. The normalized spacial score (nSPS) is 8.25. The molecule has 0 saturated carbocycles. The topological polar surface area (TPSA) is 73.8 Å². The van der Waals surface area contributed by atoms with Crippen molar-refractivity contribution in [1.82, 2.24) is 5.32 Å². The van der Waals surface area contributed by atoms with Crippen molar-refractivity contribution in [2.24, 2.45) is 0 Å². The zero-order valence-corrected chi connectivity index (χ0v) is 4.73. The fourth-order valence-corrected chi connectivity index (χ4v) is 0.223. The highest BCUT2D eigenvalue weighted by Gasteiger charge is 1.96. The van der Waals surface area contributed by atoms with Crippen molar-refractivity contribution in [3.63, 3.8) is 0 Å². The standard InChI is InChI=1S/C4H8N2O2/c1-3(7)6-2-4(5)8/h2H2,1H3,(H2,5,8)(H,6,7)/p+1. The van der Waals surface area contributed by atoms with Crippen LogP contribution in [0, 0.1) is 0 Å². The lowest BCUT2D eigenvalue weighted by molar-refractivity contribution is -0.303. The van der Waals surface area contributed by atoms with E-state index in [9.17, 15) is 9.59 Å². The first-order valence-corrected chi connectivity index (χ1v) is 2.22. The molecule has 4 heteroatoms. The summed E-state index contributed by atoms with van der Waals surface area (Å²) in [7, 11) is 0. The van der Waals surface area contributed by atoms with E-state index in [2.05, 4.69) is 11.1 Å². The molecular formula is C4H9N2O2+. The third-order valence-electron chi connectivity index (χ3n) is 0.535. The molecule has 0 aromatic rings. The lowest BCUT2D eigenvalue weighted by Gasteiger charge is -1.90. The predicted octanol–water partition coefficient (Wildman–Crippen LogP) is -2.11. The van der Waals surface area contributed by atoms with E-state index < -0.39 is 0 Å². The van der Waals surface area contributed by atoms with E-state index >= 15 is 0 Å². The molecule has 0 aromatic heterocycles. The Balaban J connectivity index is 3.18.